The van der Waals surface area contributed by atoms with E-state index in [1.54, 1.807) is 0 Å². The molecule has 11 heavy (non-hydrogen) atoms. The first-order chi connectivity index (χ1) is 5.22. The fourth-order valence-corrected chi connectivity index (χ4v) is 0.686. The van der Waals surface area contributed by atoms with Gasteiger partial charge in [0, 0.05) is 18.2 Å². The van der Waals surface area contributed by atoms with Gasteiger partial charge in [-0.05, 0) is 0 Å². The number of rotatable bonds is 2. The Bertz CT molecular complexity index is 234. The molecule has 0 aliphatic rings. The van der Waals surface area contributed by atoms with E-state index in [0.717, 1.165) is 18.2 Å². The fraction of sp³-hybridized carbons (Fsp3) is 0. The molecule has 5 heteroatoms. The SMILES string of the molecule is OBOc1cc(F)cc(F)c1. The Morgan fingerprint density at radius 1 is 1.18 bits per heavy atom. The molecule has 0 unspecified atom stereocenters. The predicted octanol–water partition coefficient (Wildman–Crippen LogP) is 0.602. The van der Waals surface area contributed by atoms with Crippen molar-refractivity contribution in [2.75, 3.05) is 0 Å². The smallest absolute Gasteiger partial charge is 0.504 e. The van der Waals surface area contributed by atoms with E-state index in [2.05, 4.69) is 4.65 Å². The van der Waals surface area contributed by atoms with Crippen LogP contribution in [0.15, 0.2) is 18.2 Å². The van der Waals surface area contributed by atoms with Crippen molar-refractivity contribution in [3.05, 3.63) is 29.8 Å². The van der Waals surface area contributed by atoms with Crippen molar-refractivity contribution in [2.24, 2.45) is 0 Å². The van der Waals surface area contributed by atoms with Crippen LogP contribution >= 0.6 is 0 Å². The van der Waals surface area contributed by atoms with Crippen molar-refractivity contribution in [1.82, 2.24) is 0 Å². The van der Waals surface area contributed by atoms with Crippen LogP contribution in [0.3, 0.4) is 0 Å². The van der Waals surface area contributed by atoms with Crippen LogP contribution in [0.2, 0.25) is 0 Å². The summed E-state index contributed by atoms with van der Waals surface area (Å²) in [7, 11) is -0.594. The van der Waals surface area contributed by atoms with Crippen LogP contribution in [-0.2, 0) is 0 Å². The molecule has 1 N–H and O–H groups in total. The van der Waals surface area contributed by atoms with Crippen LogP contribution < -0.4 is 4.65 Å². The van der Waals surface area contributed by atoms with E-state index in [1.165, 1.54) is 0 Å². The third-order valence-corrected chi connectivity index (χ3v) is 1.07. The number of benzene rings is 1. The first kappa shape index (κ1) is 8.01. The Kier molecular flexibility index (Phi) is 2.43. The number of halogens is 2. The molecule has 2 nitrogen and oxygen atoms in total. The molecule has 0 amide bonds. The topological polar surface area (TPSA) is 29.5 Å². The van der Waals surface area contributed by atoms with Gasteiger partial charge in [0.2, 0.25) is 0 Å². The lowest BCUT2D eigenvalue weighted by Gasteiger charge is -2.00. The standard InChI is InChI=1S/C6H5BF2O2/c8-4-1-5(9)3-6(2-4)11-7-10/h1-3,7,10H. The summed E-state index contributed by atoms with van der Waals surface area (Å²) in [6.45, 7) is 0. The average Bonchev–Trinajstić information content (AvgIpc) is 1.85. The van der Waals surface area contributed by atoms with Gasteiger partial charge in [-0.1, -0.05) is 0 Å². The minimum absolute atomic E-state index is 0.0231. The normalized spacial score (nSPS) is 9.36. The van der Waals surface area contributed by atoms with Crippen molar-refractivity contribution >= 4 is 7.69 Å². The molecule has 0 aromatic heterocycles. The number of hydrogen-bond acceptors (Lipinski definition) is 2. The fourth-order valence-electron chi connectivity index (χ4n) is 0.686. The van der Waals surface area contributed by atoms with Crippen molar-refractivity contribution in [3.8, 4) is 5.75 Å². The Labute approximate surface area is 62.7 Å². The molecule has 1 aromatic carbocycles. The highest BCUT2D eigenvalue weighted by atomic mass is 19.1. The van der Waals surface area contributed by atoms with E-state index in [4.69, 9.17) is 5.02 Å². The van der Waals surface area contributed by atoms with Crippen LogP contribution in [0.4, 0.5) is 8.78 Å². The monoisotopic (exact) mass is 158 g/mol. The van der Waals surface area contributed by atoms with E-state index in [9.17, 15) is 8.78 Å². The van der Waals surface area contributed by atoms with Crippen molar-refractivity contribution in [2.45, 2.75) is 0 Å². The van der Waals surface area contributed by atoms with Gasteiger partial charge in [0.25, 0.3) is 0 Å². The average molecular weight is 158 g/mol. The second-order valence-electron chi connectivity index (χ2n) is 1.88. The predicted molar refractivity (Wildman–Crippen MR) is 36.4 cm³/mol. The van der Waals surface area contributed by atoms with Crippen LogP contribution in [0, 0.1) is 11.6 Å². The van der Waals surface area contributed by atoms with Gasteiger partial charge in [0.1, 0.15) is 17.4 Å². The molecule has 0 saturated carbocycles. The van der Waals surface area contributed by atoms with Crippen LogP contribution in [-0.4, -0.2) is 12.7 Å². The molecule has 58 valence electrons. The molecule has 0 spiro atoms. The molecule has 1 rings (SSSR count). The molecule has 0 saturated heterocycles. The van der Waals surface area contributed by atoms with E-state index in [0.29, 0.717) is 0 Å². The molecule has 0 atom stereocenters. The Morgan fingerprint density at radius 2 is 1.73 bits per heavy atom. The van der Waals surface area contributed by atoms with Crippen molar-refractivity contribution in [3.63, 3.8) is 0 Å². The molecule has 0 aliphatic carbocycles. The maximum Gasteiger partial charge on any atom is 0.504 e. The Balaban J connectivity index is 2.89. The molecule has 0 aliphatic heterocycles. The van der Waals surface area contributed by atoms with Gasteiger partial charge in [0.15, 0.2) is 0 Å². The minimum Gasteiger partial charge on any atom is -0.539 e. The van der Waals surface area contributed by atoms with E-state index in [1.807, 2.05) is 0 Å². The molecular formula is C6H5BF2O2. The van der Waals surface area contributed by atoms with Gasteiger partial charge in [-0.3, -0.25) is 0 Å². The maximum absolute atomic E-state index is 12.3. The van der Waals surface area contributed by atoms with Gasteiger partial charge < -0.3 is 9.68 Å². The van der Waals surface area contributed by atoms with E-state index in [-0.39, 0.29) is 5.75 Å². The Morgan fingerprint density at radius 3 is 2.18 bits per heavy atom. The maximum atomic E-state index is 12.3. The van der Waals surface area contributed by atoms with Crippen LogP contribution in [0.1, 0.15) is 0 Å². The summed E-state index contributed by atoms with van der Waals surface area (Å²) >= 11 is 0. The summed E-state index contributed by atoms with van der Waals surface area (Å²) in [5.41, 5.74) is 0. The number of hydrogen-bond donors (Lipinski definition) is 1. The first-order valence-electron chi connectivity index (χ1n) is 2.92. The second-order valence-corrected chi connectivity index (χ2v) is 1.88. The summed E-state index contributed by atoms with van der Waals surface area (Å²) in [5, 5.41) is 8.23. The lowest BCUT2D eigenvalue weighted by atomic mass is 10.3. The quantitative estimate of drug-likeness (QED) is 0.638. The first-order valence-corrected chi connectivity index (χ1v) is 2.92. The molecule has 1 aromatic rings. The van der Waals surface area contributed by atoms with E-state index < -0.39 is 19.3 Å². The Hall–Kier alpha value is -1.10. The van der Waals surface area contributed by atoms with Gasteiger partial charge in [0.05, 0.1) is 0 Å². The zero-order valence-corrected chi connectivity index (χ0v) is 5.55. The van der Waals surface area contributed by atoms with Gasteiger partial charge in [-0.25, -0.2) is 8.78 Å². The van der Waals surface area contributed by atoms with Gasteiger partial charge in [-0.2, -0.15) is 0 Å². The minimum atomic E-state index is -0.728. The van der Waals surface area contributed by atoms with Gasteiger partial charge in [-0.15, -0.1) is 0 Å². The zero-order chi connectivity index (χ0) is 8.27. The van der Waals surface area contributed by atoms with Crippen molar-refractivity contribution < 1.29 is 18.5 Å². The summed E-state index contributed by atoms with van der Waals surface area (Å²) in [4.78, 5) is 0. The van der Waals surface area contributed by atoms with Crippen molar-refractivity contribution in [1.29, 1.82) is 0 Å². The summed E-state index contributed by atoms with van der Waals surface area (Å²) in [6.07, 6.45) is 0. The summed E-state index contributed by atoms with van der Waals surface area (Å²) < 4.78 is 29.1. The lowest BCUT2D eigenvalue weighted by Crippen LogP contribution is -2.00. The molecule has 0 bridgehead atoms. The highest BCUT2D eigenvalue weighted by Gasteiger charge is 2.00. The van der Waals surface area contributed by atoms with Gasteiger partial charge >= 0.3 is 7.69 Å². The third kappa shape index (κ3) is 2.20. The second kappa shape index (κ2) is 3.34. The molecular weight excluding hydrogens is 153 g/mol. The highest BCUT2D eigenvalue weighted by Crippen LogP contribution is 2.14. The largest absolute Gasteiger partial charge is 0.539 e. The lowest BCUT2D eigenvalue weighted by molar-refractivity contribution is 0.447. The molecule has 0 radical (unpaired) electrons. The highest BCUT2D eigenvalue weighted by molar-refractivity contribution is 6.17. The van der Waals surface area contributed by atoms with Crippen LogP contribution in [0.5, 0.6) is 5.75 Å². The molecule has 0 fully saturated rings. The summed E-state index contributed by atoms with van der Waals surface area (Å²) in [5.74, 6) is -1.48. The summed E-state index contributed by atoms with van der Waals surface area (Å²) in [6, 6.07) is 2.70. The third-order valence-electron chi connectivity index (χ3n) is 1.07. The zero-order valence-electron chi connectivity index (χ0n) is 5.55. The van der Waals surface area contributed by atoms with Crippen LogP contribution in [0.25, 0.3) is 0 Å². The molecule has 0 heterocycles. The van der Waals surface area contributed by atoms with E-state index >= 15 is 0 Å².